The van der Waals surface area contributed by atoms with Gasteiger partial charge in [-0.15, -0.1) is 0 Å². The molecule has 1 heterocycles. The van der Waals surface area contributed by atoms with Crippen molar-refractivity contribution in [2.45, 2.75) is 6.54 Å². The summed E-state index contributed by atoms with van der Waals surface area (Å²) in [6.45, 7) is 5.23. The minimum absolute atomic E-state index is 0.0348. The molecule has 1 aliphatic rings. The van der Waals surface area contributed by atoms with Crippen molar-refractivity contribution in [3.05, 3.63) is 53.6 Å². The molecule has 166 valence electrons. The van der Waals surface area contributed by atoms with Crippen molar-refractivity contribution in [2.24, 2.45) is 0 Å². The first kappa shape index (κ1) is 22.6. The second-order valence-electron chi connectivity index (χ2n) is 7.75. The van der Waals surface area contributed by atoms with E-state index in [-0.39, 0.29) is 11.8 Å². The highest BCUT2D eigenvalue weighted by molar-refractivity contribution is 5.97. The fourth-order valence-electron chi connectivity index (χ4n) is 3.90. The molecule has 0 aliphatic carbocycles. The Morgan fingerprint density at radius 3 is 2.32 bits per heavy atom. The molecular weight excluding hydrogens is 396 g/mol. The Balaban J connectivity index is 1.47. The van der Waals surface area contributed by atoms with Crippen LogP contribution in [0.3, 0.4) is 0 Å². The van der Waals surface area contributed by atoms with Crippen molar-refractivity contribution < 1.29 is 28.9 Å². The number of carbonyl (C=O) groups excluding carboxylic acids is 2. The Hall–Kier alpha value is -3.10. The average Bonchev–Trinajstić information content (AvgIpc) is 2.79. The van der Waals surface area contributed by atoms with E-state index < -0.39 is 0 Å². The first-order chi connectivity index (χ1) is 15.0. The standard InChI is InChI=1S/C23H30N4O4/c1-24-23(29)18-5-4-6-19(14-18)25-22(28)16-27-11-9-26(10-12-27)15-17-7-8-20(30-2)21(13-17)31-3/h4-8,13-14H,9-12,15-16H2,1-3H3,(H,24,29)(H,25,28)/p+2. The van der Waals surface area contributed by atoms with Crippen LogP contribution in [0.25, 0.3) is 0 Å². The zero-order valence-electron chi connectivity index (χ0n) is 18.4. The van der Waals surface area contributed by atoms with Gasteiger partial charge in [-0.3, -0.25) is 9.59 Å². The molecule has 4 N–H and O–H groups in total. The molecule has 0 bridgehead atoms. The Bertz CT molecular complexity index is 910. The molecule has 8 heteroatoms. The zero-order chi connectivity index (χ0) is 22.2. The lowest BCUT2D eigenvalue weighted by molar-refractivity contribution is -1.02. The molecule has 0 saturated carbocycles. The van der Waals surface area contributed by atoms with Crippen LogP contribution >= 0.6 is 0 Å². The predicted molar refractivity (Wildman–Crippen MR) is 118 cm³/mol. The largest absolute Gasteiger partial charge is 0.493 e. The second kappa shape index (κ2) is 10.8. The summed E-state index contributed by atoms with van der Waals surface area (Å²) < 4.78 is 10.7. The number of ether oxygens (including phenoxy) is 2. The highest BCUT2D eigenvalue weighted by Crippen LogP contribution is 2.27. The summed E-state index contributed by atoms with van der Waals surface area (Å²) in [4.78, 5) is 27.0. The molecule has 31 heavy (non-hydrogen) atoms. The highest BCUT2D eigenvalue weighted by Gasteiger charge is 2.25. The number of quaternary nitrogens is 2. The fraction of sp³-hybridized carbons (Fsp3) is 0.391. The van der Waals surface area contributed by atoms with E-state index in [0.29, 0.717) is 17.8 Å². The second-order valence-corrected chi connectivity index (χ2v) is 7.75. The number of benzene rings is 2. The van der Waals surface area contributed by atoms with E-state index in [1.807, 2.05) is 12.1 Å². The number of nitrogens with one attached hydrogen (secondary N) is 4. The first-order valence-corrected chi connectivity index (χ1v) is 10.5. The van der Waals surface area contributed by atoms with Crippen LogP contribution in [-0.4, -0.2) is 65.8 Å². The zero-order valence-corrected chi connectivity index (χ0v) is 18.4. The van der Waals surface area contributed by atoms with Crippen molar-refractivity contribution in [1.82, 2.24) is 5.32 Å². The van der Waals surface area contributed by atoms with Gasteiger partial charge in [-0.05, 0) is 36.4 Å². The molecule has 2 aromatic carbocycles. The van der Waals surface area contributed by atoms with Gasteiger partial charge in [-0.1, -0.05) is 6.07 Å². The average molecular weight is 429 g/mol. The van der Waals surface area contributed by atoms with E-state index in [1.165, 1.54) is 15.4 Å². The minimum Gasteiger partial charge on any atom is -0.493 e. The molecule has 1 aliphatic heterocycles. The maximum atomic E-state index is 12.5. The molecule has 8 nitrogen and oxygen atoms in total. The SMILES string of the molecule is CNC(=O)c1cccc(NC(=O)C[NH+]2CC[NH+](Cc3ccc(OC)c(OC)c3)CC2)c1. The third-order valence-corrected chi connectivity index (χ3v) is 5.61. The lowest BCUT2D eigenvalue weighted by atomic mass is 10.1. The molecule has 3 rings (SSSR count). The highest BCUT2D eigenvalue weighted by atomic mass is 16.5. The molecule has 1 fully saturated rings. The Kier molecular flexibility index (Phi) is 7.86. The van der Waals surface area contributed by atoms with Crippen molar-refractivity contribution in [1.29, 1.82) is 0 Å². The number of anilines is 1. The number of amides is 2. The van der Waals surface area contributed by atoms with Gasteiger partial charge in [0, 0.05) is 23.9 Å². The van der Waals surface area contributed by atoms with E-state index >= 15 is 0 Å². The van der Waals surface area contributed by atoms with Crippen LogP contribution in [-0.2, 0) is 11.3 Å². The number of methoxy groups -OCH3 is 2. The Morgan fingerprint density at radius 2 is 1.65 bits per heavy atom. The number of hydrogen-bond donors (Lipinski definition) is 4. The molecule has 0 radical (unpaired) electrons. The molecule has 0 unspecified atom stereocenters. The summed E-state index contributed by atoms with van der Waals surface area (Å²) in [6.07, 6.45) is 0. The molecule has 0 spiro atoms. The van der Waals surface area contributed by atoms with Crippen LogP contribution in [0.4, 0.5) is 5.69 Å². The molecule has 0 atom stereocenters. The molecule has 1 saturated heterocycles. The monoisotopic (exact) mass is 428 g/mol. The summed E-state index contributed by atoms with van der Waals surface area (Å²) in [5.41, 5.74) is 2.38. The van der Waals surface area contributed by atoms with Gasteiger partial charge in [-0.25, -0.2) is 0 Å². The van der Waals surface area contributed by atoms with Crippen LogP contribution in [0.5, 0.6) is 11.5 Å². The third-order valence-electron chi connectivity index (χ3n) is 5.61. The van der Waals surface area contributed by atoms with Crippen molar-refractivity contribution in [2.75, 3.05) is 59.3 Å². The van der Waals surface area contributed by atoms with E-state index in [9.17, 15) is 9.59 Å². The minimum atomic E-state index is -0.171. The van der Waals surface area contributed by atoms with Gasteiger partial charge in [0.05, 0.1) is 14.2 Å². The lowest BCUT2D eigenvalue weighted by Crippen LogP contribution is -3.28. The third kappa shape index (κ3) is 6.19. The first-order valence-electron chi connectivity index (χ1n) is 10.5. The maximum absolute atomic E-state index is 12.5. The summed E-state index contributed by atoms with van der Waals surface area (Å²) in [5, 5.41) is 5.50. The summed E-state index contributed by atoms with van der Waals surface area (Å²) in [6, 6.07) is 13.0. The molecular formula is C23H32N4O4+2. The van der Waals surface area contributed by atoms with E-state index in [0.717, 1.165) is 44.2 Å². The smallest absolute Gasteiger partial charge is 0.279 e. The summed E-state index contributed by atoms with van der Waals surface area (Å²) in [7, 11) is 4.87. The number of piperazine rings is 1. The van der Waals surface area contributed by atoms with E-state index in [1.54, 1.807) is 45.5 Å². The van der Waals surface area contributed by atoms with Crippen molar-refractivity contribution >= 4 is 17.5 Å². The van der Waals surface area contributed by atoms with Crippen LogP contribution in [0.1, 0.15) is 15.9 Å². The van der Waals surface area contributed by atoms with Gasteiger partial charge < -0.3 is 29.9 Å². The van der Waals surface area contributed by atoms with Crippen LogP contribution in [0, 0.1) is 0 Å². The molecule has 0 aromatic heterocycles. The van der Waals surface area contributed by atoms with Gasteiger partial charge in [0.15, 0.2) is 18.0 Å². The topological polar surface area (TPSA) is 85.5 Å². The Labute approximate surface area is 183 Å². The lowest BCUT2D eigenvalue weighted by Gasteiger charge is -2.29. The van der Waals surface area contributed by atoms with E-state index in [2.05, 4.69) is 16.7 Å². The van der Waals surface area contributed by atoms with E-state index in [4.69, 9.17) is 9.47 Å². The number of hydrogen-bond acceptors (Lipinski definition) is 4. The van der Waals surface area contributed by atoms with Gasteiger partial charge in [0.1, 0.15) is 32.7 Å². The van der Waals surface area contributed by atoms with Crippen LogP contribution in [0.15, 0.2) is 42.5 Å². The fourth-order valence-corrected chi connectivity index (χ4v) is 3.90. The normalized spacial score (nSPS) is 18.2. The van der Waals surface area contributed by atoms with Gasteiger partial charge in [0.2, 0.25) is 0 Å². The van der Waals surface area contributed by atoms with Crippen molar-refractivity contribution in [3.8, 4) is 11.5 Å². The molecule has 2 aromatic rings. The predicted octanol–water partition coefficient (Wildman–Crippen LogP) is -1.01. The maximum Gasteiger partial charge on any atom is 0.279 e. The van der Waals surface area contributed by atoms with Crippen molar-refractivity contribution in [3.63, 3.8) is 0 Å². The van der Waals surface area contributed by atoms with Gasteiger partial charge >= 0.3 is 0 Å². The summed E-state index contributed by atoms with van der Waals surface area (Å²) in [5.74, 6) is 1.28. The van der Waals surface area contributed by atoms with Gasteiger partial charge in [0.25, 0.3) is 11.8 Å². The summed E-state index contributed by atoms with van der Waals surface area (Å²) >= 11 is 0. The van der Waals surface area contributed by atoms with Crippen LogP contribution in [0.2, 0.25) is 0 Å². The molecule has 2 amide bonds. The van der Waals surface area contributed by atoms with Gasteiger partial charge in [-0.2, -0.15) is 0 Å². The van der Waals surface area contributed by atoms with Crippen LogP contribution < -0.4 is 29.9 Å². The number of rotatable bonds is 8. The Morgan fingerprint density at radius 1 is 0.935 bits per heavy atom. The number of carbonyl (C=O) groups is 2. The quantitative estimate of drug-likeness (QED) is 0.434.